The Hall–Kier alpha value is -1.71. The van der Waals surface area contributed by atoms with Gasteiger partial charge in [0.05, 0.1) is 6.26 Å². The molecule has 0 aliphatic carbocycles. The first-order chi connectivity index (χ1) is 11.3. The molecule has 24 heavy (non-hydrogen) atoms. The van der Waals surface area contributed by atoms with Crippen molar-refractivity contribution < 1.29 is 13.2 Å². The zero-order valence-electron chi connectivity index (χ0n) is 13.8. The van der Waals surface area contributed by atoms with Crippen LogP contribution in [0.1, 0.15) is 13.3 Å². The van der Waals surface area contributed by atoms with Crippen molar-refractivity contribution in [2.24, 2.45) is 0 Å². The molecule has 132 valence electrons. The fourth-order valence-corrected chi connectivity index (χ4v) is 3.47. The summed E-state index contributed by atoms with van der Waals surface area (Å²) in [5.74, 6) is -0.132. The van der Waals surface area contributed by atoms with E-state index in [0.717, 1.165) is 11.4 Å². The van der Waals surface area contributed by atoms with Crippen molar-refractivity contribution in [3.8, 4) is 0 Å². The summed E-state index contributed by atoms with van der Waals surface area (Å²) in [5.41, 5.74) is 1.81. The molecule has 1 amide bonds. The molecule has 0 atom stereocenters. The highest BCUT2D eigenvalue weighted by atomic mass is 32.2. The Labute approximate surface area is 148 Å². The summed E-state index contributed by atoms with van der Waals surface area (Å²) in [6, 6.07) is 7.65. The van der Waals surface area contributed by atoms with Crippen LogP contribution in [0.25, 0.3) is 0 Å². The van der Waals surface area contributed by atoms with Gasteiger partial charge in [-0.25, -0.2) is 8.42 Å². The van der Waals surface area contributed by atoms with E-state index in [-0.39, 0.29) is 11.0 Å². The zero-order chi connectivity index (χ0) is 17.7. The molecular weight excluding hydrogens is 348 g/mol. The summed E-state index contributed by atoms with van der Waals surface area (Å²) >= 11 is 5.07. The van der Waals surface area contributed by atoms with E-state index in [0.29, 0.717) is 32.6 Å². The molecule has 9 heteroatoms. The van der Waals surface area contributed by atoms with Crippen molar-refractivity contribution >= 4 is 44.6 Å². The van der Waals surface area contributed by atoms with E-state index >= 15 is 0 Å². The zero-order valence-corrected chi connectivity index (χ0v) is 15.4. The van der Waals surface area contributed by atoms with Crippen LogP contribution in [0.4, 0.5) is 11.4 Å². The number of hydrogen-bond donors (Lipinski definition) is 2. The molecule has 0 bridgehead atoms. The average molecular weight is 371 g/mol. The maximum atomic E-state index is 11.5. The minimum absolute atomic E-state index is 0.132. The molecule has 2 rings (SSSR count). The topological polar surface area (TPSA) is 81.8 Å². The summed E-state index contributed by atoms with van der Waals surface area (Å²) in [5, 5.41) is 5.82. The number of carbonyl (C=O) groups is 1. The van der Waals surface area contributed by atoms with E-state index in [1.54, 1.807) is 6.92 Å². The predicted molar refractivity (Wildman–Crippen MR) is 99.7 cm³/mol. The predicted octanol–water partition coefficient (Wildman–Crippen LogP) is 0.991. The molecule has 1 aliphatic rings. The monoisotopic (exact) mass is 370 g/mol. The quantitative estimate of drug-likeness (QED) is 0.770. The number of nitrogens with zero attached hydrogens (tertiary/aromatic N) is 2. The number of carbonyl (C=O) groups excluding carboxylic acids is 1. The lowest BCUT2D eigenvalue weighted by atomic mass is 10.2. The Kier molecular flexibility index (Phi) is 6.14. The molecule has 2 N–H and O–H groups in total. The lowest BCUT2D eigenvalue weighted by Gasteiger charge is -2.34. The van der Waals surface area contributed by atoms with E-state index < -0.39 is 10.0 Å². The SMILES string of the molecule is CCC(=O)NC(=S)Nc1ccc(N2CCN(S(C)(=O)=O)CC2)cc1. The molecule has 1 fully saturated rings. The standard InChI is InChI=1S/C15H22N4O3S2/c1-3-14(20)17-15(23)16-12-4-6-13(7-5-12)18-8-10-19(11-9-18)24(2,21)22/h4-7H,3,8-11H2,1-2H3,(H2,16,17,20,23). The molecule has 1 saturated heterocycles. The van der Waals surface area contributed by atoms with Crippen molar-refractivity contribution in [3.63, 3.8) is 0 Å². The molecule has 0 spiro atoms. The second-order valence-electron chi connectivity index (χ2n) is 5.55. The van der Waals surface area contributed by atoms with Gasteiger partial charge in [0.25, 0.3) is 0 Å². The van der Waals surface area contributed by atoms with E-state index in [4.69, 9.17) is 12.2 Å². The summed E-state index contributed by atoms with van der Waals surface area (Å²) in [7, 11) is -3.12. The fraction of sp³-hybridized carbons (Fsp3) is 0.467. The smallest absolute Gasteiger partial charge is 0.225 e. The molecule has 1 aliphatic heterocycles. The summed E-state index contributed by atoms with van der Waals surface area (Å²) in [6.07, 6.45) is 1.61. The Morgan fingerprint density at radius 2 is 1.75 bits per heavy atom. The number of nitrogens with one attached hydrogen (secondary N) is 2. The first kappa shape index (κ1) is 18.6. The lowest BCUT2D eigenvalue weighted by molar-refractivity contribution is -0.119. The van der Waals surface area contributed by atoms with Crippen LogP contribution in [-0.4, -0.2) is 56.2 Å². The number of benzene rings is 1. The molecule has 0 radical (unpaired) electrons. The van der Waals surface area contributed by atoms with Crippen LogP contribution in [0.5, 0.6) is 0 Å². The third-order valence-corrected chi connectivity index (χ3v) is 5.28. The van der Waals surface area contributed by atoms with Crippen LogP contribution in [0.15, 0.2) is 24.3 Å². The number of thiocarbonyl (C=S) groups is 1. The summed E-state index contributed by atoms with van der Waals surface area (Å²) in [6.45, 7) is 4.06. The Morgan fingerprint density at radius 3 is 2.25 bits per heavy atom. The van der Waals surface area contributed by atoms with Gasteiger partial charge in [-0.3, -0.25) is 4.79 Å². The van der Waals surface area contributed by atoms with Gasteiger partial charge in [0.1, 0.15) is 0 Å². The molecule has 0 aromatic heterocycles. The van der Waals surface area contributed by atoms with Gasteiger partial charge >= 0.3 is 0 Å². The van der Waals surface area contributed by atoms with Crippen LogP contribution in [0.2, 0.25) is 0 Å². The minimum atomic E-state index is -3.12. The Morgan fingerprint density at radius 1 is 1.17 bits per heavy atom. The maximum absolute atomic E-state index is 11.5. The van der Waals surface area contributed by atoms with Gasteiger partial charge < -0.3 is 15.5 Å². The van der Waals surface area contributed by atoms with Crippen molar-refractivity contribution in [2.75, 3.05) is 42.7 Å². The van der Waals surface area contributed by atoms with Crippen LogP contribution in [-0.2, 0) is 14.8 Å². The van der Waals surface area contributed by atoms with Gasteiger partial charge in [0.15, 0.2) is 5.11 Å². The van der Waals surface area contributed by atoms with Crippen molar-refractivity contribution in [1.29, 1.82) is 0 Å². The number of sulfonamides is 1. The van der Waals surface area contributed by atoms with Crippen LogP contribution in [0, 0.1) is 0 Å². The minimum Gasteiger partial charge on any atom is -0.369 e. The third kappa shape index (κ3) is 5.15. The van der Waals surface area contributed by atoms with Crippen molar-refractivity contribution in [3.05, 3.63) is 24.3 Å². The van der Waals surface area contributed by atoms with Crippen LogP contribution < -0.4 is 15.5 Å². The third-order valence-electron chi connectivity index (χ3n) is 3.77. The molecule has 1 aromatic rings. The first-order valence-electron chi connectivity index (χ1n) is 7.70. The number of hydrogen-bond acceptors (Lipinski definition) is 5. The molecule has 0 unspecified atom stereocenters. The highest BCUT2D eigenvalue weighted by Crippen LogP contribution is 2.20. The largest absolute Gasteiger partial charge is 0.369 e. The number of piperazine rings is 1. The molecule has 1 heterocycles. The van der Waals surface area contributed by atoms with Crippen molar-refractivity contribution in [2.45, 2.75) is 13.3 Å². The highest BCUT2D eigenvalue weighted by Gasteiger charge is 2.23. The Balaban J connectivity index is 1.91. The van der Waals surface area contributed by atoms with Gasteiger partial charge in [0, 0.05) is 44.0 Å². The normalized spacial score (nSPS) is 15.8. The van der Waals surface area contributed by atoms with E-state index in [1.807, 2.05) is 24.3 Å². The molecule has 7 nitrogen and oxygen atoms in total. The molecule has 0 saturated carbocycles. The van der Waals surface area contributed by atoms with Crippen LogP contribution in [0.3, 0.4) is 0 Å². The van der Waals surface area contributed by atoms with Gasteiger partial charge in [-0.05, 0) is 36.5 Å². The highest BCUT2D eigenvalue weighted by molar-refractivity contribution is 7.88. The Bertz CT molecular complexity index is 696. The van der Waals surface area contributed by atoms with E-state index in [1.165, 1.54) is 10.6 Å². The van der Waals surface area contributed by atoms with Gasteiger partial charge in [-0.1, -0.05) is 6.92 Å². The second-order valence-corrected chi connectivity index (χ2v) is 7.94. The van der Waals surface area contributed by atoms with E-state index in [9.17, 15) is 13.2 Å². The van der Waals surface area contributed by atoms with Crippen LogP contribution >= 0.6 is 12.2 Å². The van der Waals surface area contributed by atoms with Gasteiger partial charge in [-0.15, -0.1) is 0 Å². The second kappa shape index (κ2) is 7.91. The summed E-state index contributed by atoms with van der Waals surface area (Å²) in [4.78, 5) is 13.4. The molecule has 1 aromatic carbocycles. The lowest BCUT2D eigenvalue weighted by Crippen LogP contribution is -2.48. The van der Waals surface area contributed by atoms with Crippen molar-refractivity contribution in [1.82, 2.24) is 9.62 Å². The van der Waals surface area contributed by atoms with Gasteiger partial charge in [0.2, 0.25) is 15.9 Å². The first-order valence-corrected chi connectivity index (χ1v) is 9.96. The number of amides is 1. The maximum Gasteiger partial charge on any atom is 0.225 e. The van der Waals surface area contributed by atoms with Gasteiger partial charge in [-0.2, -0.15) is 4.31 Å². The van der Waals surface area contributed by atoms with E-state index in [2.05, 4.69) is 15.5 Å². The average Bonchev–Trinajstić information content (AvgIpc) is 2.54. The summed E-state index contributed by atoms with van der Waals surface area (Å²) < 4.78 is 24.6. The fourth-order valence-electron chi connectivity index (χ4n) is 2.41. The molecular formula is C15H22N4O3S2. The number of rotatable bonds is 4. The number of anilines is 2.